The highest BCUT2D eigenvalue weighted by atomic mass is 16.2. The summed E-state index contributed by atoms with van der Waals surface area (Å²) in [6.45, 7) is 3.49. The van der Waals surface area contributed by atoms with Crippen LogP contribution in [-0.2, 0) is 6.42 Å². The van der Waals surface area contributed by atoms with Gasteiger partial charge in [-0.15, -0.1) is 0 Å². The van der Waals surface area contributed by atoms with Gasteiger partial charge in [0.05, 0.1) is 5.69 Å². The molecule has 23 heavy (non-hydrogen) atoms. The van der Waals surface area contributed by atoms with E-state index in [1.54, 1.807) is 28.7 Å². The molecule has 1 N–H and O–H groups in total. The van der Waals surface area contributed by atoms with Crippen LogP contribution < -0.4 is 5.32 Å². The van der Waals surface area contributed by atoms with Gasteiger partial charge in [0.25, 0.3) is 5.91 Å². The molecule has 0 fully saturated rings. The predicted octanol–water partition coefficient (Wildman–Crippen LogP) is 3.35. The number of rotatable bonds is 4. The third kappa shape index (κ3) is 2.85. The van der Waals surface area contributed by atoms with E-state index in [-0.39, 0.29) is 11.7 Å². The summed E-state index contributed by atoms with van der Waals surface area (Å²) in [5, 5.41) is 2.87. The number of carbonyl (C=O) groups is 2. The Kier molecular flexibility index (Phi) is 3.93. The number of nitrogens with zero attached hydrogens (tertiary/aromatic N) is 2. The molecule has 3 aromatic rings. The van der Waals surface area contributed by atoms with Crippen LogP contribution in [0.25, 0.3) is 5.65 Å². The number of pyridine rings is 1. The first-order valence-corrected chi connectivity index (χ1v) is 7.48. The summed E-state index contributed by atoms with van der Waals surface area (Å²) >= 11 is 0. The largest absolute Gasteiger partial charge is 0.321 e. The maximum Gasteiger partial charge on any atom is 0.274 e. The van der Waals surface area contributed by atoms with Crippen LogP contribution >= 0.6 is 0 Å². The molecule has 1 amide bonds. The summed E-state index contributed by atoms with van der Waals surface area (Å²) in [5.74, 6) is -0.214. The minimum absolute atomic E-state index is 0.00192. The highest BCUT2D eigenvalue weighted by Gasteiger charge is 2.18. The number of aryl methyl sites for hydroxylation is 1. The summed E-state index contributed by atoms with van der Waals surface area (Å²) in [6, 6.07) is 12.5. The highest BCUT2D eigenvalue weighted by molar-refractivity contribution is 6.04. The van der Waals surface area contributed by atoms with Crippen molar-refractivity contribution < 1.29 is 9.59 Å². The zero-order chi connectivity index (χ0) is 16.4. The van der Waals surface area contributed by atoms with Crippen LogP contribution in [0.1, 0.15) is 40.4 Å². The zero-order valence-corrected chi connectivity index (χ0v) is 13.0. The third-order valence-corrected chi connectivity index (χ3v) is 3.70. The van der Waals surface area contributed by atoms with Crippen molar-refractivity contribution in [2.24, 2.45) is 0 Å². The van der Waals surface area contributed by atoms with Gasteiger partial charge in [-0.3, -0.25) is 14.0 Å². The molecule has 2 aromatic heterocycles. The number of anilines is 1. The normalized spacial score (nSPS) is 10.7. The molecule has 0 aliphatic heterocycles. The number of hydrogen-bond donors (Lipinski definition) is 1. The van der Waals surface area contributed by atoms with Crippen LogP contribution in [0.3, 0.4) is 0 Å². The number of carbonyl (C=O) groups excluding carboxylic acids is 2. The van der Waals surface area contributed by atoms with Gasteiger partial charge >= 0.3 is 0 Å². The summed E-state index contributed by atoms with van der Waals surface area (Å²) in [5.41, 5.74) is 3.31. The molecular weight excluding hydrogens is 290 g/mol. The Morgan fingerprint density at radius 2 is 1.87 bits per heavy atom. The van der Waals surface area contributed by atoms with Gasteiger partial charge in [0, 0.05) is 17.4 Å². The van der Waals surface area contributed by atoms with E-state index in [2.05, 4.69) is 10.3 Å². The van der Waals surface area contributed by atoms with E-state index in [9.17, 15) is 9.59 Å². The van der Waals surface area contributed by atoms with Gasteiger partial charge in [0.2, 0.25) is 0 Å². The molecule has 0 unspecified atom stereocenters. The average Bonchev–Trinajstić information content (AvgIpc) is 2.94. The van der Waals surface area contributed by atoms with Crippen LogP contribution in [0.15, 0.2) is 48.7 Å². The van der Waals surface area contributed by atoms with E-state index in [0.29, 0.717) is 23.4 Å². The number of imidazole rings is 1. The first-order chi connectivity index (χ1) is 11.1. The molecule has 0 bridgehead atoms. The lowest BCUT2D eigenvalue weighted by Gasteiger charge is -2.07. The lowest BCUT2D eigenvalue weighted by Crippen LogP contribution is -2.16. The number of hydrogen-bond acceptors (Lipinski definition) is 3. The Morgan fingerprint density at radius 3 is 2.52 bits per heavy atom. The van der Waals surface area contributed by atoms with Crippen molar-refractivity contribution in [2.75, 3.05) is 5.32 Å². The van der Waals surface area contributed by atoms with E-state index in [0.717, 1.165) is 11.3 Å². The van der Waals surface area contributed by atoms with E-state index < -0.39 is 0 Å². The molecule has 0 saturated carbocycles. The van der Waals surface area contributed by atoms with Crippen molar-refractivity contribution >= 4 is 23.0 Å². The van der Waals surface area contributed by atoms with Crippen molar-refractivity contribution in [1.82, 2.24) is 9.38 Å². The summed E-state index contributed by atoms with van der Waals surface area (Å²) in [6.07, 6.45) is 2.50. The third-order valence-electron chi connectivity index (χ3n) is 3.70. The maximum absolute atomic E-state index is 12.6. The molecular formula is C18H17N3O2. The Labute approximate surface area is 134 Å². The smallest absolute Gasteiger partial charge is 0.274 e. The van der Waals surface area contributed by atoms with Crippen molar-refractivity contribution in [2.45, 2.75) is 20.3 Å². The van der Waals surface area contributed by atoms with Gasteiger partial charge in [0.15, 0.2) is 5.78 Å². The van der Waals surface area contributed by atoms with Crippen molar-refractivity contribution in [3.63, 3.8) is 0 Å². The standard InChI is InChI=1S/C18H17N3O2/c1-3-15-17(21-11-5-4-6-16(21)20-15)18(23)19-14-9-7-13(8-10-14)12(2)22/h4-11H,3H2,1-2H3,(H,19,23). The Balaban J connectivity index is 1.93. The first kappa shape index (κ1) is 15.0. The first-order valence-electron chi connectivity index (χ1n) is 7.48. The van der Waals surface area contributed by atoms with Gasteiger partial charge in [-0.1, -0.05) is 13.0 Å². The minimum atomic E-state index is -0.212. The quantitative estimate of drug-likeness (QED) is 0.752. The Hall–Kier alpha value is -2.95. The molecule has 0 spiro atoms. The second-order valence-electron chi connectivity index (χ2n) is 5.28. The molecule has 2 heterocycles. The molecule has 0 atom stereocenters. The molecule has 5 nitrogen and oxygen atoms in total. The summed E-state index contributed by atoms with van der Waals surface area (Å²) in [7, 11) is 0. The molecule has 0 radical (unpaired) electrons. The summed E-state index contributed by atoms with van der Waals surface area (Å²) in [4.78, 5) is 28.4. The molecule has 1 aromatic carbocycles. The SMILES string of the molecule is CCc1nc2ccccn2c1C(=O)Nc1ccc(C(C)=O)cc1. The van der Waals surface area contributed by atoms with Gasteiger partial charge in [0.1, 0.15) is 11.3 Å². The number of amides is 1. The summed E-state index contributed by atoms with van der Waals surface area (Å²) < 4.78 is 1.79. The van der Waals surface area contributed by atoms with Gasteiger partial charge in [-0.05, 0) is 49.7 Å². The predicted molar refractivity (Wildman–Crippen MR) is 89.0 cm³/mol. The molecule has 0 aliphatic carbocycles. The topological polar surface area (TPSA) is 63.5 Å². The highest BCUT2D eigenvalue weighted by Crippen LogP contribution is 2.16. The lowest BCUT2D eigenvalue weighted by atomic mass is 10.1. The molecule has 0 aliphatic rings. The number of aromatic nitrogens is 2. The van der Waals surface area contributed by atoms with Crippen LogP contribution in [0.5, 0.6) is 0 Å². The second kappa shape index (κ2) is 6.04. The van der Waals surface area contributed by atoms with E-state index in [1.807, 2.05) is 31.3 Å². The molecule has 3 rings (SSSR count). The number of ketones is 1. The van der Waals surface area contributed by atoms with Crippen LogP contribution in [0.4, 0.5) is 5.69 Å². The van der Waals surface area contributed by atoms with Crippen LogP contribution in [-0.4, -0.2) is 21.1 Å². The monoisotopic (exact) mass is 307 g/mol. The van der Waals surface area contributed by atoms with Gasteiger partial charge in [-0.25, -0.2) is 4.98 Å². The Morgan fingerprint density at radius 1 is 1.13 bits per heavy atom. The minimum Gasteiger partial charge on any atom is -0.321 e. The van der Waals surface area contributed by atoms with Gasteiger partial charge < -0.3 is 5.32 Å². The fraction of sp³-hybridized carbons (Fsp3) is 0.167. The Bertz CT molecular complexity index is 879. The lowest BCUT2D eigenvalue weighted by molar-refractivity contribution is 0.101. The number of nitrogens with one attached hydrogen (secondary N) is 1. The van der Waals surface area contributed by atoms with Crippen molar-refractivity contribution in [1.29, 1.82) is 0 Å². The fourth-order valence-corrected chi connectivity index (χ4v) is 2.51. The van der Waals surface area contributed by atoms with Crippen molar-refractivity contribution in [3.05, 3.63) is 65.6 Å². The molecule has 5 heteroatoms. The van der Waals surface area contributed by atoms with E-state index in [4.69, 9.17) is 0 Å². The molecule has 116 valence electrons. The second-order valence-corrected chi connectivity index (χ2v) is 5.28. The molecule has 0 saturated heterocycles. The van der Waals surface area contributed by atoms with Gasteiger partial charge in [-0.2, -0.15) is 0 Å². The maximum atomic E-state index is 12.6. The number of Topliss-reactive ketones (excluding diaryl/α,β-unsaturated/α-hetero) is 1. The van der Waals surface area contributed by atoms with Crippen LogP contribution in [0.2, 0.25) is 0 Å². The number of fused-ring (bicyclic) bond motifs is 1. The number of benzene rings is 1. The van der Waals surface area contributed by atoms with E-state index >= 15 is 0 Å². The average molecular weight is 307 g/mol. The van der Waals surface area contributed by atoms with Crippen LogP contribution in [0, 0.1) is 0 Å². The zero-order valence-electron chi connectivity index (χ0n) is 13.0. The van der Waals surface area contributed by atoms with Crippen molar-refractivity contribution in [3.8, 4) is 0 Å². The fourth-order valence-electron chi connectivity index (χ4n) is 2.51. The van der Waals surface area contributed by atoms with E-state index in [1.165, 1.54) is 6.92 Å².